The van der Waals surface area contributed by atoms with Gasteiger partial charge in [-0.1, -0.05) is 6.07 Å². The van der Waals surface area contributed by atoms with E-state index in [2.05, 4.69) is 20.5 Å². The van der Waals surface area contributed by atoms with Gasteiger partial charge in [0.2, 0.25) is 11.9 Å². The number of nitrogens with one attached hydrogen (secondary N) is 2. The molecule has 2 saturated heterocycles. The number of hydrogen-bond donors (Lipinski definition) is 2. The van der Waals surface area contributed by atoms with Gasteiger partial charge >= 0.3 is 0 Å². The monoisotopic (exact) mass is 549 g/mol. The van der Waals surface area contributed by atoms with Crippen LogP contribution in [0.1, 0.15) is 25.3 Å². The lowest BCUT2D eigenvalue weighted by Gasteiger charge is -2.47. The third-order valence-electron chi connectivity index (χ3n) is 7.82. The topological polar surface area (TPSA) is 123 Å². The van der Waals surface area contributed by atoms with Crippen LogP contribution in [0.3, 0.4) is 0 Å². The summed E-state index contributed by atoms with van der Waals surface area (Å²) in [5.41, 5.74) is 0.337. The Kier molecular flexibility index (Phi) is 7.44. The molecule has 6 rings (SSSR count). The highest BCUT2D eigenvalue weighted by molar-refractivity contribution is 5.90. The molecule has 5 heterocycles. The van der Waals surface area contributed by atoms with Crippen molar-refractivity contribution < 1.29 is 23.8 Å². The van der Waals surface area contributed by atoms with E-state index in [1.54, 1.807) is 22.0 Å². The summed E-state index contributed by atoms with van der Waals surface area (Å²) in [4.78, 5) is 40.0. The molecule has 212 valence electrons. The molecule has 2 aromatic rings. The Balaban J connectivity index is 1.16. The van der Waals surface area contributed by atoms with Crippen LogP contribution in [0.2, 0.25) is 0 Å². The van der Waals surface area contributed by atoms with Gasteiger partial charge in [0, 0.05) is 51.4 Å². The van der Waals surface area contributed by atoms with E-state index in [9.17, 15) is 9.59 Å². The van der Waals surface area contributed by atoms with E-state index in [1.807, 2.05) is 43.6 Å². The lowest BCUT2D eigenvalue weighted by molar-refractivity contribution is -0.152. The molecule has 0 spiro atoms. The molecule has 0 aliphatic carbocycles. The zero-order chi connectivity index (χ0) is 27.5. The van der Waals surface area contributed by atoms with Crippen molar-refractivity contribution in [1.82, 2.24) is 30.0 Å². The molecule has 12 nitrogen and oxygen atoms in total. The fourth-order valence-electron chi connectivity index (χ4n) is 5.58. The lowest BCUT2D eigenvalue weighted by atomic mass is 10.0. The highest BCUT2D eigenvalue weighted by Gasteiger charge is 2.43. The zero-order valence-electron chi connectivity index (χ0n) is 22.6. The molecule has 4 aliphatic rings. The van der Waals surface area contributed by atoms with Crippen LogP contribution in [-0.2, 0) is 20.7 Å². The molecular weight excluding hydrogens is 514 g/mol. The van der Waals surface area contributed by atoms with Gasteiger partial charge in [-0.15, -0.1) is 0 Å². The van der Waals surface area contributed by atoms with Crippen molar-refractivity contribution in [1.29, 1.82) is 0 Å². The average Bonchev–Trinajstić information content (AvgIpc) is 3.72. The minimum absolute atomic E-state index is 0.113. The Hall–Kier alpha value is -3.90. The molecule has 1 aromatic carbocycles. The first-order valence-electron chi connectivity index (χ1n) is 13.9. The third-order valence-corrected chi connectivity index (χ3v) is 7.82. The van der Waals surface area contributed by atoms with Crippen molar-refractivity contribution in [2.75, 3.05) is 46.0 Å². The first-order chi connectivity index (χ1) is 19.5. The molecule has 3 unspecified atom stereocenters. The maximum Gasteiger partial charge on any atom is 0.252 e. The summed E-state index contributed by atoms with van der Waals surface area (Å²) in [5, 5.41) is 6.24. The summed E-state index contributed by atoms with van der Waals surface area (Å²) in [6, 6.07) is 5.17. The van der Waals surface area contributed by atoms with E-state index in [4.69, 9.17) is 19.2 Å². The minimum atomic E-state index is -0.701. The molecule has 2 fully saturated rings. The Bertz CT molecular complexity index is 1290. The normalized spacial score (nSPS) is 26.2. The van der Waals surface area contributed by atoms with Crippen molar-refractivity contribution in [3.8, 4) is 11.5 Å². The number of carbonyl (C=O) groups is 2. The summed E-state index contributed by atoms with van der Waals surface area (Å²) in [7, 11) is 0. The van der Waals surface area contributed by atoms with Gasteiger partial charge in [-0.2, -0.15) is 0 Å². The fraction of sp³-hybridized carbons (Fsp3) is 0.500. The number of aliphatic imine (C=N–C) groups is 1. The van der Waals surface area contributed by atoms with E-state index in [0.717, 1.165) is 23.5 Å². The van der Waals surface area contributed by atoms with E-state index >= 15 is 0 Å². The molecule has 12 heteroatoms. The Morgan fingerprint density at radius 2 is 2.05 bits per heavy atom. The predicted molar refractivity (Wildman–Crippen MR) is 146 cm³/mol. The highest BCUT2D eigenvalue weighted by Crippen LogP contribution is 2.31. The van der Waals surface area contributed by atoms with Crippen LogP contribution in [0.15, 0.2) is 54.2 Å². The fourth-order valence-corrected chi connectivity index (χ4v) is 5.58. The number of ether oxygens (including phenoxy) is 3. The quantitative estimate of drug-likeness (QED) is 0.541. The molecule has 2 amide bonds. The molecule has 0 saturated carbocycles. The van der Waals surface area contributed by atoms with Crippen molar-refractivity contribution in [3.05, 3.63) is 54.8 Å². The number of benzene rings is 1. The van der Waals surface area contributed by atoms with E-state index in [-0.39, 0.29) is 11.8 Å². The van der Waals surface area contributed by atoms with E-state index < -0.39 is 17.8 Å². The average molecular weight is 550 g/mol. The van der Waals surface area contributed by atoms with Gasteiger partial charge in [0.25, 0.3) is 5.91 Å². The number of piperazine rings is 1. The number of amides is 2. The van der Waals surface area contributed by atoms with Gasteiger partial charge in [0.1, 0.15) is 37.3 Å². The maximum atomic E-state index is 13.6. The summed E-state index contributed by atoms with van der Waals surface area (Å²) >= 11 is 0. The standard InChI is InChI=1S/C28H35N7O5/c1-28(7-9-31-27(32-28)33-11-10-29-19-33)34-12-13-35(26(37)23-3-2-14-38-23)21(18-34)25(36)30-8-6-20-4-5-22-24(17-20)40-16-15-39-22/h4-5,7,9-11,17,19,21,23H,2-3,6,8,12-16,18H2,1H3,(H,30,36)(H,31,32). The van der Waals surface area contributed by atoms with Crippen molar-refractivity contribution >= 4 is 17.8 Å². The highest BCUT2D eigenvalue weighted by atomic mass is 16.6. The van der Waals surface area contributed by atoms with Gasteiger partial charge in [-0.25, -0.2) is 9.98 Å². The molecule has 1 aromatic heterocycles. The van der Waals surface area contributed by atoms with Crippen LogP contribution >= 0.6 is 0 Å². The molecule has 0 bridgehead atoms. The largest absolute Gasteiger partial charge is 0.486 e. The number of imidazole rings is 1. The Morgan fingerprint density at radius 3 is 2.85 bits per heavy atom. The second kappa shape index (κ2) is 11.3. The van der Waals surface area contributed by atoms with Crippen LogP contribution in [0.4, 0.5) is 0 Å². The first kappa shape index (κ1) is 26.3. The van der Waals surface area contributed by atoms with Crippen LogP contribution in [0, 0.1) is 0 Å². The SMILES string of the molecule is CC1(N2CCN(C(=O)C3CCCO3)C(C(=O)NCCc3ccc4c(c3)OCCO4)C2)C=CNC(n2ccnc2)=N1. The predicted octanol–water partition coefficient (Wildman–Crippen LogP) is 0.742. The van der Waals surface area contributed by atoms with Crippen LogP contribution < -0.4 is 20.1 Å². The number of nitrogens with zero attached hydrogens (tertiary/aromatic N) is 5. The minimum Gasteiger partial charge on any atom is -0.486 e. The van der Waals surface area contributed by atoms with E-state index in [0.29, 0.717) is 64.8 Å². The van der Waals surface area contributed by atoms with Gasteiger partial charge in [-0.3, -0.25) is 19.1 Å². The lowest BCUT2D eigenvalue weighted by Crippen LogP contribution is -2.65. The summed E-state index contributed by atoms with van der Waals surface area (Å²) in [5.74, 6) is 1.81. The Morgan fingerprint density at radius 1 is 1.18 bits per heavy atom. The van der Waals surface area contributed by atoms with Crippen LogP contribution in [0.25, 0.3) is 0 Å². The van der Waals surface area contributed by atoms with Gasteiger partial charge in [0.05, 0.1) is 0 Å². The summed E-state index contributed by atoms with van der Waals surface area (Å²) < 4.78 is 18.8. The second-order valence-electron chi connectivity index (χ2n) is 10.5. The van der Waals surface area contributed by atoms with Crippen molar-refractivity contribution in [3.63, 3.8) is 0 Å². The van der Waals surface area contributed by atoms with Crippen molar-refractivity contribution in [2.45, 2.75) is 44.0 Å². The molecule has 3 atom stereocenters. The van der Waals surface area contributed by atoms with Gasteiger partial charge in [0.15, 0.2) is 11.5 Å². The molecule has 40 heavy (non-hydrogen) atoms. The summed E-state index contributed by atoms with van der Waals surface area (Å²) in [6.45, 7) is 5.41. The molecule has 4 aliphatic heterocycles. The number of rotatable bonds is 6. The number of aromatic nitrogens is 2. The van der Waals surface area contributed by atoms with Crippen LogP contribution in [-0.4, -0.2) is 101 Å². The third kappa shape index (κ3) is 5.41. The number of fused-ring (bicyclic) bond motifs is 1. The molecule has 0 radical (unpaired) electrons. The molecular formula is C28H35N7O5. The van der Waals surface area contributed by atoms with E-state index in [1.165, 1.54) is 0 Å². The second-order valence-corrected chi connectivity index (χ2v) is 10.5. The van der Waals surface area contributed by atoms with Crippen molar-refractivity contribution in [2.24, 2.45) is 4.99 Å². The van der Waals surface area contributed by atoms with Crippen LogP contribution in [0.5, 0.6) is 11.5 Å². The Labute approximate surface area is 233 Å². The van der Waals surface area contributed by atoms with Gasteiger partial charge in [-0.05, 0) is 50.0 Å². The number of carbonyl (C=O) groups excluding carboxylic acids is 2. The zero-order valence-corrected chi connectivity index (χ0v) is 22.6. The first-order valence-corrected chi connectivity index (χ1v) is 13.9. The number of hydrogen-bond acceptors (Lipinski definition) is 9. The maximum absolute atomic E-state index is 13.6. The molecule has 2 N–H and O–H groups in total. The van der Waals surface area contributed by atoms with Gasteiger partial charge < -0.3 is 29.7 Å². The summed E-state index contributed by atoms with van der Waals surface area (Å²) in [6.07, 6.45) is 10.7. The smallest absolute Gasteiger partial charge is 0.252 e.